The Morgan fingerprint density at radius 3 is 1.11 bits per heavy atom. The Labute approximate surface area is 435 Å². The van der Waals surface area contributed by atoms with Crippen LogP contribution < -0.4 is 5.32 Å². The van der Waals surface area contributed by atoms with E-state index in [0.717, 1.165) is 57.8 Å². The van der Waals surface area contributed by atoms with Crippen LogP contribution in [0.15, 0.2) is 60.8 Å². The quantitative estimate of drug-likeness (QED) is 0.0321. The number of carbonyl (C=O) groups is 2. The number of hydrogen-bond acceptors (Lipinski definition) is 5. The second-order valence-electron chi connectivity index (χ2n) is 20.7. The molecule has 0 fully saturated rings. The Morgan fingerprint density at radius 1 is 0.400 bits per heavy atom. The standard InChI is InChI=1S/C64H117NO5/c1-3-5-7-9-11-13-15-17-19-25-30-34-38-42-46-50-54-58-64(69)70-59-55-51-47-43-39-35-31-27-24-22-20-21-23-26-29-33-37-41-45-49-53-57-63(68)65-61(60-66)62(67)56-52-48-44-40-36-32-28-18-16-14-12-10-8-6-4-2/h11,13,17,19,35,39,47,51-52,56,61-62,66-67H,3-10,12,14-16,18,20-34,36-38,40-46,48-50,53-55,57-60H2,1-2H3,(H,65,68)/b13-11-,19-17-,39-35-,51-47-,56-52+. The molecular formula is C64H117NO5. The molecule has 0 radical (unpaired) electrons. The van der Waals surface area contributed by atoms with Crippen LogP contribution in [0.25, 0.3) is 0 Å². The lowest BCUT2D eigenvalue weighted by Gasteiger charge is -2.20. The zero-order chi connectivity index (χ0) is 50.7. The second kappa shape index (κ2) is 59.1. The molecule has 0 rings (SSSR count). The maximum absolute atomic E-state index is 12.5. The topological polar surface area (TPSA) is 95.9 Å². The van der Waals surface area contributed by atoms with Crippen LogP contribution in [-0.4, -0.2) is 47.4 Å². The smallest absolute Gasteiger partial charge is 0.305 e. The van der Waals surface area contributed by atoms with Crippen LogP contribution in [0.2, 0.25) is 0 Å². The van der Waals surface area contributed by atoms with Crippen LogP contribution in [0, 0.1) is 0 Å². The average Bonchev–Trinajstić information content (AvgIpc) is 3.36. The first-order chi connectivity index (χ1) is 34.5. The van der Waals surface area contributed by atoms with Gasteiger partial charge in [0.05, 0.1) is 25.4 Å². The van der Waals surface area contributed by atoms with E-state index in [9.17, 15) is 19.8 Å². The van der Waals surface area contributed by atoms with Crippen LogP contribution in [-0.2, 0) is 14.3 Å². The summed E-state index contributed by atoms with van der Waals surface area (Å²) in [5.41, 5.74) is 0. The van der Waals surface area contributed by atoms with E-state index in [4.69, 9.17) is 4.74 Å². The Balaban J connectivity index is 3.48. The Bertz CT molecular complexity index is 1220. The molecule has 1 amide bonds. The van der Waals surface area contributed by atoms with Gasteiger partial charge in [0.15, 0.2) is 0 Å². The van der Waals surface area contributed by atoms with Gasteiger partial charge in [0, 0.05) is 12.8 Å². The van der Waals surface area contributed by atoms with Crippen molar-refractivity contribution >= 4 is 11.9 Å². The fourth-order valence-corrected chi connectivity index (χ4v) is 9.09. The molecule has 0 aromatic heterocycles. The number of esters is 1. The Hall–Kier alpha value is -2.44. The third-order valence-electron chi connectivity index (χ3n) is 13.8. The van der Waals surface area contributed by atoms with Gasteiger partial charge in [-0.3, -0.25) is 9.59 Å². The molecule has 0 aliphatic carbocycles. The Kier molecular flexibility index (Phi) is 57.1. The van der Waals surface area contributed by atoms with E-state index in [1.807, 2.05) is 6.08 Å². The molecule has 2 atom stereocenters. The van der Waals surface area contributed by atoms with Gasteiger partial charge in [0.1, 0.15) is 0 Å². The molecule has 6 nitrogen and oxygen atoms in total. The lowest BCUT2D eigenvalue weighted by molar-refractivity contribution is -0.143. The highest BCUT2D eigenvalue weighted by molar-refractivity contribution is 5.76. The van der Waals surface area contributed by atoms with Crippen molar-refractivity contribution in [3.05, 3.63) is 60.8 Å². The molecule has 0 aromatic carbocycles. The molecular weight excluding hydrogens is 863 g/mol. The summed E-state index contributed by atoms with van der Waals surface area (Å²) in [7, 11) is 0. The van der Waals surface area contributed by atoms with Gasteiger partial charge >= 0.3 is 5.97 Å². The summed E-state index contributed by atoms with van der Waals surface area (Å²) in [4.78, 5) is 24.5. The molecule has 0 bridgehead atoms. The predicted molar refractivity (Wildman–Crippen MR) is 305 cm³/mol. The van der Waals surface area contributed by atoms with Gasteiger partial charge in [0.25, 0.3) is 0 Å². The summed E-state index contributed by atoms with van der Waals surface area (Å²) in [6.07, 6.45) is 76.9. The van der Waals surface area contributed by atoms with Gasteiger partial charge in [-0.1, -0.05) is 274 Å². The van der Waals surface area contributed by atoms with E-state index in [-0.39, 0.29) is 18.5 Å². The summed E-state index contributed by atoms with van der Waals surface area (Å²) >= 11 is 0. The van der Waals surface area contributed by atoms with Crippen LogP contribution in [0.5, 0.6) is 0 Å². The molecule has 2 unspecified atom stereocenters. The van der Waals surface area contributed by atoms with E-state index in [0.29, 0.717) is 19.4 Å². The highest BCUT2D eigenvalue weighted by Crippen LogP contribution is 2.16. The van der Waals surface area contributed by atoms with Crippen molar-refractivity contribution in [2.24, 2.45) is 0 Å². The first-order valence-electron chi connectivity index (χ1n) is 30.6. The maximum Gasteiger partial charge on any atom is 0.305 e. The molecule has 0 spiro atoms. The number of aliphatic hydroxyl groups is 2. The first kappa shape index (κ1) is 67.6. The maximum atomic E-state index is 12.5. The van der Waals surface area contributed by atoms with Crippen molar-refractivity contribution in [3.8, 4) is 0 Å². The van der Waals surface area contributed by atoms with Crippen molar-refractivity contribution in [1.29, 1.82) is 0 Å². The predicted octanol–water partition coefficient (Wildman–Crippen LogP) is 19.1. The first-order valence-corrected chi connectivity index (χ1v) is 30.6. The molecule has 0 saturated heterocycles. The van der Waals surface area contributed by atoms with Gasteiger partial charge < -0.3 is 20.3 Å². The van der Waals surface area contributed by atoms with Crippen molar-refractivity contribution < 1.29 is 24.5 Å². The average molecular weight is 981 g/mol. The number of hydrogen-bond donors (Lipinski definition) is 3. The van der Waals surface area contributed by atoms with Crippen molar-refractivity contribution in [3.63, 3.8) is 0 Å². The summed E-state index contributed by atoms with van der Waals surface area (Å²) in [5.74, 6) is -0.117. The fraction of sp³-hybridized carbons (Fsp3) is 0.812. The van der Waals surface area contributed by atoms with Crippen LogP contribution in [0.4, 0.5) is 0 Å². The molecule has 0 heterocycles. The van der Waals surface area contributed by atoms with Gasteiger partial charge in [-0.2, -0.15) is 0 Å². The monoisotopic (exact) mass is 980 g/mol. The highest BCUT2D eigenvalue weighted by Gasteiger charge is 2.18. The molecule has 0 aliphatic heterocycles. The summed E-state index contributed by atoms with van der Waals surface area (Å²) in [5, 5.41) is 23.1. The Morgan fingerprint density at radius 2 is 0.714 bits per heavy atom. The van der Waals surface area contributed by atoms with Crippen molar-refractivity contribution in [1.82, 2.24) is 5.32 Å². The molecule has 408 valence electrons. The van der Waals surface area contributed by atoms with E-state index < -0.39 is 12.1 Å². The summed E-state index contributed by atoms with van der Waals surface area (Å²) in [6.45, 7) is 4.77. The minimum absolute atomic E-state index is 0.0442. The van der Waals surface area contributed by atoms with Crippen LogP contribution in [0.1, 0.15) is 309 Å². The molecule has 3 N–H and O–H groups in total. The van der Waals surface area contributed by atoms with Gasteiger partial charge in [-0.25, -0.2) is 0 Å². The number of carbonyl (C=O) groups excluding carboxylic acids is 2. The molecule has 6 heteroatoms. The van der Waals surface area contributed by atoms with Crippen molar-refractivity contribution in [2.75, 3.05) is 13.2 Å². The lowest BCUT2D eigenvalue weighted by Crippen LogP contribution is -2.45. The zero-order valence-corrected chi connectivity index (χ0v) is 46.5. The van der Waals surface area contributed by atoms with E-state index in [1.54, 1.807) is 6.08 Å². The largest absolute Gasteiger partial charge is 0.465 e. The van der Waals surface area contributed by atoms with Crippen LogP contribution in [0.3, 0.4) is 0 Å². The lowest BCUT2D eigenvalue weighted by atomic mass is 10.0. The summed E-state index contributed by atoms with van der Waals surface area (Å²) in [6, 6.07) is -0.633. The number of rotatable bonds is 56. The highest BCUT2D eigenvalue weighted by atomic mass is 16.5. The number of aliphatic hydroxyl groups excluding tert-OH is 2. The van der Waals surface area contributed by atoms with Gasteiger partial charge in [-0.15, -0.1) is 0 Å². The van der Waals surface area contributed by atoms with E-state index >= 15 is 0 Å². The third kappa shape index (κ3) is 54.9. The van der Waals surface area contributed by atoms with Gasteiger partial charge in [-0.05, 0) is 83.5 Å². The normalized spacial score (nSPS) is 13.0. The molecule has 0 saturated carbocycles. The number of amides is 1. The van der Waals surface area contributed by atoms with Crippen LogP contribution >= 0.6 is 0 Å². The molecule has 0 aromatic rings. The second-order valence-corrected chi connectivity index (χ2v) is 20.7. The third-order valence-corrected chi connectivity index (χ3v) is 13.8. The minimum atomic E-state index is -0.849. The van der Waals surface area contributed by atoms with Gasteiger partial charge in [0.2, 0.25) is 5.91 Å². The number of unbranched alkanes of at least 4 members (excludes halogenated alkanes) is 37. The molecule has 70 heavy (non-hydrogen) atoms. The minimum Gasteiger partial charge on any atom is -0.465 e. The summed E-state index contributed by atoms with van der Waals surface area (Å²) < 4.78 is 5.42. The number of ether oxygens (including phenoxy) is 1. The van der Waals surface area contributed by atoms with Crippen molar-refractivity contribution in [2.45, 2.75) is 321 Å². The molecule has 0 aliphatic rings. The zero-order valence-electron chi connectivity index (χ0n) is 46.5. The van der Waals surface area contributed by atoms with E-state index in [1.165, 1.54) is 225 Å². The number of allylic oxidation sites excluding steroid dienone is 8. The SMILES string of the molecule is CCCCC/C=C\C/C=C\CCCCCCCCCC(=O)OCC/C=C\C/C=C\CCCCCCCCCCCCCCCCC(=O)NC(CO)C(O)/C=C/CCCCCCCCCCCCCCC. The number of nitrogens with one attached hydrogen (secondary N) is 1. The fourth-order valence-electron chi connectivity index (χ4n) is 9.09. The van der Waals surface area contributed by atoms with E-state index in [2.05, 4.69) is 67.8 Å².